The molecule has 108 valence electrons. The highest BCUT2D eigenvalue weighted by molar-refractivity contribution is 5.69. The topological polar surface area (TPSA) is 43.8 Å². The highest BCUT2D eigenvalue weighted by atomic mass is 19.1. The Kier molecular flexibility index (Phi) is 3.72. The highest BCUT2D eigenvalue weighted by Crippen LogP contribution is 2.37. The fraction of sp³-hybridized carbons (Fsp3) is 0.533. The largest absolute Gasteiger partial charge is 0.480 e. The summed E-state index contributed by atoms with van der Waals surface area (Å²) < 4.78 is 13.7. The Hall–Kier alpha value is -1.46. The first-order chi connectivity index (χ1) is 9.65. The Morgan fingerprint density at radius 2 is 2.05 bits per heavy atom. The average molecular weight is 278 g/mol. The molecule has 1 aliphatic carbocycles. The number of halogens is 1. The third-order valence-corrected chi connectivity index (χ3v) is 4.39. The number of carboxylic acid groups (broad SMARTS) is 1. The van der Waals surface area contributed by atoms with Crippen molar-refractivity contribution in [2.45, 2.75) is 18.9 Å². The summed E-state index contributed by atoms with van der Waals surface area (Å²) in [4.78, 5) is 15.0. The predicted molar refractivity (Wildman–Crippen MR) is 73.1 cm³/mol. The van der Waals surface area contributed by atoms with E-state index in [0.717, 1.165) is 50.1 Å². The van der Waals surface area contributed by atoms with E-state index < -0.39 is 5.97 Å². The Bertz CT molecular complexity index is 513. The first-order valence-electron chi connectivity index (χ1n) is 7.10. The number of benzene rings is 1. The van der Waals surface area contributed by atoms with Crippen molar-refractivity contribution in [3.63, 3.8) is 0 Å². The van der Waals surface area contributed by atoms with Crippen molar-refractivity contribution in [1.29, 1.82) is 0 Å². The van der Waals surface area contributed by atoms with Gasteiger partial charge in [-0.05, 0) is 30.0 Å². The molecule has 4 nitrogen and oxygen atoms in total. The number of hydrogen-bond acceptors (Lipinski definition) is 3. The number of carbonyl (C=O) groups is 1. The Morgan fingerprint density at radius 3 is 2.75 bits per heavy atom. The van der Waals surface area contributed by atoms with Crippen molar-refractivity contribution in [3.8, 4) is 0 Å². The van der Waals surface area contributed by atoms with E-state index in [2.05, 4.69) is 4.90 Å². The molecule has 5 heteroatoms. The third kappa shape index (κ3) is 2.55. The molecule has 1 unspecified atom stereocenters. The first kappa shape index (κ1) is 13.5. The molecule has 1 atom stereocenters. The van der Waals surface area contributed by atoms with Gasteiger partial charge in [0.15, 0.2) is 0 Å². The molecule has 0 spiro atoms. The van der Waals surface area contributed by atoms with Gasteiger partial charge in [-0.15, -0.1) is 0 Å². The third-order valence-electron chi connectivity index (χ3n) is 4.39. The summed E-state index contributed by atoms with van der Waals surface area (Å²) in [6.45, 7) is 3.37. The lowest BCUT2D eigenvalue weighted by atomic mass is 10.1. The molecule has 1 N–H and O–H groups in total. The normalized spacial score (nSPS) is 23.8. The molecule has 2 aliphatic rings. The SMILES string of the molecule is O=C(O)CN1CCN(C2CCc3c(F)cccc32)CC1. The van der Waals surface area contributed by atoms with E-state index in [1.54, 1.807) is 6.07 Å². The van der Waals surface area contributed by atoms with Crippen LogP contribution in [0.25, 0.3) is 0 Å². The molecule has 1 fully saturated rings. The minimum Gasteiger partial charge on any atom is -0.480 e. The molecule has 1 saturated heterocycles. The Labute approximate surface area is 117 Å². The lowest BCUT2D eigenvalue weighted by Gasteiger charge is -2.37. The maximum Gasteiger partial charge on any atom is 0.317 e. The fourth-order valence-corrected chi connectivity index (χ4v) is 3.39. The highest BCUT2D eigenvalue weighted by Gasteiger charge is 2.31. The Balaban J connectivity index is 1.66. The molecular weight excluding hydrogens is 259 g/mol. The number of fused-ring (bicyclic) bond motifs is 1. The van der Waals surface area contributed by atoms with E-state index in [9.17, 15) is 9.18 Å². The number of rotatable bonds is 3. The van der Waals surface area contributed by atoms with E-state index >= 15 is 0 Å². The zero-order chi connectivity index (χ0) is 14.1. The van der Waals surface area contributed by atoms with Crippen LogP contribution in [0.3, 0.4) is 0 Å². The van der Waals surface area contributed by atoms with Gasteiger partial charge in [-0.3, -0.25) is 14.6 Å². The summed E-state index contributed by atoms with van der Waals surface area (Å²) in [5.74, 6) is -0.860. The van der Waals surface area contributed by atoms with E-state index in [1.165, 1.54) is 6.07 Å². The summed E-state index contributed by atoms with van der Waals surface area (Å²) >= 11 is 0. The smallest absolute Gasteiger partial charge is 0.317 e. The summed E-state index contributed by atoms with van der Waals surface area (Å²) in [5.41, 5.74) is 1.99. The van der Waals surface area contributed by atoms with E-state index in [0.29, 0.717) is 6.04 Å². The lowest BCUT2D eigenvalue weighted by molar-refractivity contribution is -0.138. The van der Waals surface area contributed by atoms with Crippen LogP contribution in [0.2, 0.25) is 0 Å². The monoisotopic (exact) mass is 278 g/mol. The predicted octanol–water partition coefficient (Wildman–Crippen LogP) is 1.52. The molecule has 1 aromatic rings. The van der Waals surface area contributed by atoms with Gasteiger partial charge in [-0.1, -0.05) is 12.1 Å². The molecule has 0 radical (unpaired) electrons. The second-order valence-electron chi connectivity index (χ2n) is 5.57. The van der Waals surface area contributed by atoms with Crippen LogP contribution in [0.15, 0.2) is 18.2 Å². The molecule has 20 heavy (non-hydrogen) atoms. The molecule has 1 heterocycles. The lowest BCUT2D eigenvalue weighted by Crippen LogP contribution is -2.48. The van der Waals surface area contributed by atoms with Crippen LogP contribution in [0.4, 0.5) is 4.39 Å². The van der Waals surface area contributed by atoms with Gasteiger partial charge in [0.1, 0.15) is 5.82 Å². The van der Waals surface area contributed by atoms with Gasteiger partial charge in [0, 0.05) is 32.2 Å². The van der Waals surface area contributed by atoms with Crippen LogP contribution < -0.4 is 0 Å². The van der Waals surface area contributed by atoms with Crippen molar-refractivity contribution in [1.82, 2.24) is 9.80 Å². The quantitative estimate of drug-likeness (QED) is 0.910. The van der Waals surface area contributed by atoms with E-state index in [-0.39, 0.29) is 12.4 Å². The molecule has 3 rings (SSSR count). The molecular formula is C15H19FN2O2. The van der Waals surface area contributed by atoms with Crippen molar-refractivity contribution in [2.24, 2.45) is 0 Å². The van der Waals surface area contributed by atoms with Crippen LogP contribution in [-0.2, 0) is 11.2 Å². The van der Waals surface area contributed by atoms with Crippen LogP contribution >= 0.6 is 0 Å². The van der Waals surface area contributed by atoms with Gasteiger partial charge in [-0.2, -0.15) is 0 Å². The first-order valence-corrected chi connectivity index (χ1v) is 7.10. The molecule has 0 aromatic heterocycles. The van der Waals surface area contributed by atoms with Crippen molar-refractivity contribution in [2.75, 3.05) is 32.7 Å². The summed E-state index contributed by atoms with van der Waals surface area (Å²) in [5, 5.41) is 8.81. The fourth-order valence-electron chi connectivity index (χ4n) is 3.39. The van der Waals surface area contributed by atoms with Crippen LogP contribution in [-0.4, -0.2) is 53.6 Å². The van der Waals surface area contributed by atoms with Crippen LogP contribution in [0.5, 0.6) is 0 Å². The number of piperazine rings is 1. The zero-order valence-electron chi connectivity index (χ0n) is 11.4. The number of carboxylic acids is 1. The van der Waals surface area contributed by atoms with Gasteiger partial charge in [-0.25, -0.2) is 4.39 Å². The van der Waals surface area contributed by atoms with Gasteiger partial charge < -0.3 is 5.11 Å². The Morgan fingerprint density at radius 1 is 1.30 bits per heavy atom. The number of hydrogen-bond donors (Lipinski definition) is 1. The average Bonchev–Trinajstić information content (AvgIpc) is 2.84. The van der Waals surface area contributed by atoms with Gasteiger partial charge in [0.2, 0.25) is 0 Å². The van der Waals surface area contributed by atoms with Crippen molar-refractivity contribution >= 4 is 5.97 Å². The molecule has 0 bridgehead atoms. The second kappa shape index (κ2) is 5.50. The maximum atomic E-state index is 13.7. The summed E-state index contributed by atoms with van der Waals surface area (Å²) in [6.07, 6.45) is 1.78. The van der Waals surface area contributed by atoms with Crippen LogP contribution in [0.1, 0.15) is 23.6 Å². The number of aliphatic carboxylic acids is 1. The maximum absolute atomic E-state index is 13.7. The summed E-state index contributed by atoms with van der Waals surface area (Å²) in [6, 6.07) is 5.64. The molecule has 0 amide bonds. The van der Waals surface area contributed by atoms with E-state index in [4.69, 9.17) is 5.11 Å². The van der Waals surface area contributed by atoms with Crippen molar-refractivity contribution < 1.29 is 14.3 Å². The van der Waals surface area contributed by atoms with Gasteiger partial charge in [0.05, 0.1) is 6.54 Å². The molecule has 0 saturated carbocycles. The molecule has 1 aliphatic heterocycles. The standard InChI is InChI=1S/C15H19FN2O2/c16-13-3-1-2-12-11(13)4-5-14(12)18-8-6-17(7-9-18)10-15(19)20/h1-3,14H,4-10H2,(H,19,20). The zero-order valence-corrected chi connectivity index (χ0v) is 11.4. The van der Waals surface area contributed by atoms with Gasteiger partial charge in [0.25, 0.3) is 0 Å². The minimum atomic E-state index is -0.772. The molecule has 1 aromatic carbocycles. The summed E-state index contributed by atoms with van der Waals surface area (Å²) in [7, 11) is 0. The minimum absolute atomic E-state index is 0.0884. The van der Waals surface area contributed by atoms with Gasteiger partial charge >= 0.3 is 5.97 Å². The number of nitrogens with zero attached hydrogens (tertiary/aromatic N) is 2. The second-order valence-corrected chi connectivity index (χ2v) is 5.57. The van der Waals surface area contributed by atoms with E-state index in [1.807, 2.05) is 11.0 Å². The van der Waals surface area contributed by atoms with Crippen molar-refractivity contribution in [3.05, 3.63) is 35.1 Å². The van der Waals surface area contributed by atoms with Crippen LogP contribution in [0, 0.1) is 5.82 Å².